The molecule has 25 heavy (non-hydrogen) atoms. The molecule has 3 aromatic heterocycles. The predicted molar refractivity (Wildman–Crippen MR) is 100 cm³/mol. The summed E-state index contributed by atoms with van der Waals surface area (Å²) in [6, 6.07) is 6.24. The maximum absolute atomic E-state index is 4.96. The van der Waals surface area contributed by atoms with E-state index in [1.54, 1.807) is 10.7 Å². The lowest BCUT2D eigenvalue weighted by molar-refractivity contribution is 0.603. The van der Waals surface area contributed by atoms with Gasteiger partial charge in [-0.1, -0.05) is 52.0 Å². The van der Waals surface area contributed by atoms with Gasteiger partial charge in [-0.05, 0) is 37.0 Å². The minimum atomic E-state index is 0.608. The van der Waals surface area contributed by atoms with Crippen LogP contribution in [0.25, 0.3) is 17.2 Å². The molecule has 0 unspecified atom stereocenters. The quantitative estimate of drug-likeness (QED) is 0.533. The van der Waals surface area contributed by atoms with Crippen LogP contribution in [0.4, 0.5) is 0 Å². The van der Waals surface area contributed by atoms with Crippen molar-refractivity contribution >= 4 is 5.78 Å². The molecule has 0 aliphatic rings. The van der Waals surface area contributed by atoms with E-state index in [9.17, 15) is 0 Å². The number of aryl methyl sites for hydroxylation is 2. The molecule has 0 N–H and O–H groups in total. The first-order chi connectivity index (χ1) is 12.3. The molecule has 3 aromatic rings. The van der Waals surface area contributed by atoms with E-state index in [2.05, 4.69) is 41.0 Å². The lowest BCUT2D eigenvalue weighted by Crippen LogP contribution is -2.02. The van der Waals surface area contributed by atoms with Crippen LogP contribution in [0.1, 0.15) is 63.6 Å². The highest BCUT2D eigenvalue weighted by Crippen LogP contribution is 2.21. The summed E-state index contributed by atoms with van der Waals surface area (Å²) in [7, 11) is 0. The van der Waals surface area contributed by atoms with Gasteiger partial charge in [0.2, 0.25) is 0 Å². The summed E-state index contributed by atoms with van der Waals surface area (Å²) in [5, 5.41) is 4.27. The van der Waals surface area contributed by atoms with Crippen molar-refractivity contribution in [3.63, 3.8) is 0 Å². The summed E-state index contributed by atoms with van der Waals surface area (Å²) >= 11 is 0. The first-order valence-electron chi connectivity index (χ1n) is 9.47. The molecule has 0 aromatic carbocycles. The Bertz CT molecular complexity index is 809. The molecule has 5 heteroatoms. The van der Waals surface area contributed by atoms with E-state index in [0.29, 0.717) is 5.78 Å². The largest absolute Gasteiger partial charge is 0.252 e. The summed E-state index contributed by atoms with van der Waals surface area (Å²) in [6.45, 7) is 4.46. The molecule has 0 bridgehead atoms. The van der Waals surface area contributed by atoms with Crippen LogP contribution in [0.15, 0.2) is 30.7 Å². The Balaban J connectivity index is 1.77. The van der Waals surface area contributed by atoms with Crippen molar-refractivity contribution in [1.29, 1.82) is 0 Å². The fraction of sp³-hybridized carbons (Fsp3) is 0.500. The lowest BCUT2D eigenvalue weighted by atomic mass is 10.0. The van der Waals surface area contributed by atoms with Crippen LogP contribution in [0.2, 0.25) is 0 Å². The summed E-state index contributed by atoms with van der Waals surface area (Å²) in [6.07, 6.45) is 13.2. The standard InChI is InChI=1S/C20H27N5/c1-3-5-6-7-8-9-10-17-16(4-2)11-12-18(24-17)19-13-14-21-20-22-15-23-25(19)20/h11-15H,3-10H2,1-2H3. The molecule has 5 nitrogen and oxygen atoms in total. The monoisotopic (exact) mass is 337 g/mol. The molecule has 0 spiro atoms. The molecular formula is C20H27N5. The van der Waals surface area contributed by atoms with Crippen LogP contribution >= 0.6 is 0 Å². The first-order valence-corrected chi connectivity index (χ1v) is 9.47. The number of hydrogen-bond donors (Lipinski definition) is 0. The van der Waals surface area contributed by atoms with Crippen LogP contribution in [0.3, 0.4) is 0 Å². The molecular weight excluding hydrogens is 310 g/mol. The van der Waals surface area contributed by atoms with Gasteiger partial charge in [-0.25, -0.2) is 4.98 Å². The number of rotatable bonds is 9. The molecule has 132 valence electrons. The maximum Gasteiger partial charge on any atom is 0.252 e. The number of fused-ring (bicyclic) bond motifs is 1. The average Bonchev–Trinajstić information content (AvgIpc) is 3.13. The van der Waals surface area contributed by atoms with Gasteiger partial charge in [0.15, 0.2) is 0 Å². The Morgan fingerprint density at radius 3 is 2.60 bits per heavy atom. The minimum Gasteiger partial charge on any atom is -0.251 e. The van der Waals surface area contributed by atoms with Crippen LogP contribution in [0.5, 0.6) is 0 Å². The molecule has 0 radical (unpaired) electrons. The second-order valence-electron chi connectivity index (χ2n) is 6.48. The summed E-state index contributed by atoms with van der Waals surface area (Å²) in [4.78, 5) is 13.4. The van der Waals surface area contributed by atoms with Crippen molar-refractivity contribution in [2.24, 2.45) is 0 Å². The number of hydrogen-bond acceptors (Lipinski definition) is 4. The highest BCUT2D eigenvalue weighted by Gasteiger charge is 2.10. The van der Waals surface area contributed by atoms with E-state index in [-0.39, 0.29) is 0 Å². The molecule has 0 aliphatic carbocycles. The predicted octanol–water partition coefficient (Wildman–Crippen LogP) is 4.65. The van der Waals surface area contributed by atoms with E-state index in [1.807, 2.05) is 6.07 Å². The Hall–Kier alpha value is -2.30. The van der Waals surface area contributed by atoms with Crippen LogP contribution in [-0.4, -0.2) is 24.6 Å². The van der Waals surface area contributed by atoms with Gasteiger partial charge in [0.1, 0.15) is 6.33 Å². The molecule has 0 fully saturated rings. The van der Waals surface area contributed by atoms with Crippen molar-refractivity contribution in [3.05, 3.63) is 42.0 Å². The third kappa shape index (κ3) is 4.21. The minimum absolute atomic E-state index is 0.608. The van der Waals surface area contributed by atoms with Crippen LogP contribution in [0, 0.1) is 0 Å². The zero-order valence-corrected chi connectivity index (χ0v) is 15.3. The average molecular weight is 337 g/mol. The van der Waals surface area contributed by atoms with E-state index in [0.717, 1.165) is 24.2 Å². The van der Waals surface area contributed by atoms with E-state index in [1.165, 1.54) is 56.1 Å². The van der Waals surface area contributed by atoms with Crippen molar-refractivity contribution in [1.82, 2.24) is 24.6 Å². The molecule has 3 heterocycles. The van der Waals surface area contributed by atoms with Gasteiger partial charge in [0.25, 0.3) is 5.78 Å². The Kier molecular flexibility index (Phi) is 6.09. The van der Waals surface area contributed by atoms with Gasteiger partial charge in [0.05, 0.1) is 11.4 Å². The number of aromatic nitrogens is 5. The lowest BCUT2D eigenvalue weighted by Gasteiger charge is -2.10. The number of unbranched alkanes of at least 4 members (excludes halogenated alkanes) is 5. The second kappa shape index (κ2) is 8.70. The first kappa shape index (κ1) is 17.5. The van der Waals surface area contributed by atoms with Gasteiger partial charge in [0, 0.05) is 11.9 Å². The van der Waals surface area contributed by atoms with Gasteiger partial charge in [-0.2, -0.15) is 14.6 Å². The van der Waals surface area contributed by atoms with E-state index >= 15 is 0 Å². The third-order valence-corrected chi connectivity index (χ3v) is 4.66. The summed E-state index contributed by atoms with van der Waals surface area (Å²) in [5.41, 5.74) is 4.45. The Morgan fingerprint density at radius 1 is 0.920 bits per heavy atom. The van der Waals surface area contributed by atoms with Crippen LogP contribution < -0.4 is 0 Å². The molecule has 0 atom stereocenters. The highest BCUT2D eigenvalue weighted by atomic mass is 15.3. The smallest absolute Gasteiger partial charge is 0.251 e. The van der Waals surface area contributed by atoms with Gasteiger partial charge in [-0.3, -0.25) is 4.98 Å². The van der Waals surface area contributed by atoms with E-state index in [4.69, 9.17) is 4.98 Å². The Morgan fingerprint density at radius 2 is 1.76 bits per heavy atom. The summed E-state index contributed by atoms with van der Waals surface area (Å²) < 4.78 is 1.75. The fourth-order valence-electron chi connectivity index (χ4n) is 3.22. The van der Waals surface area contributed by atoms with Crippen LogP contribution in [-0.2, 0) is 12.8 Å². The fourth-order valence-corrected chi connectivity index (χ4v) is 3.22. The van der Waals surface area contributed by atoms with Crippen molar-refractivity contribution in [2.45, 2.75) is 65.2 Å². The molecule has 0 saturated carbocycles. The normalized spacial score (nSPS) is 11.3. The molecule has 3 rings (SSSR count). The maximum atomic E-state index is 4.96. The van der Waals surface area contributed by atoms with Gasteiger partial charge >= 0.3 is 0 Å². The van der Waals surface area contributed by atoms with Crippen molar-refractivity contribution in [3.8, 4) is 11.4 Å². The second-order valence-corrected chi connectivity index (χ2v) is 6.48. The zero-order chi connectivity index (χ0) is 17.5. The highest BCUT2D eigenvalue weighted by molar-refractivity contribution is 5.57. The van der Waals surface area contributed by atoms with Gasteiger partial charge < -0.3 is 0 Å². The summed E-state index contributed by atoms with van der Waals surface area (Å²) in [5.74, 6) is 0.608. The SMILES string of the molecule is CCCCCCCCc1nc(-c2ccnc3ncnn23)ccc1CC. The Labute approximate surface area is 149 Å². The topological polar surface area (TPSA) is 56.0 Å². The third-order valence-electron chi connectivity index (χ3n) is 4.66. The molecule has 0 amide bonds. The molecule has 0 aliphatic heterocycles. The van der Waals surface area contributed by atoms with Gasteiger partial charge in [-0.15, -0.1) is 0 Å². The van der Waals surface area contributed by atoms with E-state index < -0.39 is 0 Å². The molecule has 0 saturated heterocycles. The zero-order valence-electron chi connectivity index (χ0n) is 15.3. The van der Waals surface area contributed by atoms with Crippen molar-refractivity contribution < 1.29 is 0 Å². The van der Waals surface area contributed by atoms with Crippen molar-refractivity contribution in [2.75, 3.05) is 0 Å². The number of nitrogens with zero attached hydrogens (tertiary/aromatic N) is 5. The number of pyridine rings is 1.